The van der Waals surface area contributed by atoms with Crippen molar-refractivity contribution in [1.29, 1.82) is 0 Å². The van der Waals surface area contributed by atoms with Crippen LogP contribution in [0.3, 0.4) is 0 Å². The van der Waals surface area contributed by atoms with Gasteiger partial charge in [0.1, 0.15) is 16.5 Å². The summed E-state index contributed by atoms with van der Waals surface area (Å²) in [5, 5.41) is 1.04. The van der Waals surface area contributed by atoms with E-state index in [1.165, 1.54) is 0 Å². The van der Waals surface area contributed by atoms with Gasteiger partial charge < -0.3 is 15.0 Å². The zero-order chi connectivity index (χ0) is 21.8. The second-order valence-electron chi connectivity index (χ2n) is 7.88. The molecule has 6 nitrogen and oxygen atoms in total. The molecule has 0 bridgehead atoms. The molecule has 0 atom stereocenters. The normalized spacial score (nSPS) is 11.0. The van der Waals surface area contributed by atoms with Crippen molar-refractivity contribution in [3.8, 4) is 17.6 Å². The van der Waals surface area contributed by atoms with E-state index in [4.69, 9.17) is 22.1 Å². The van der Waals surface area contributed by atoms with Crippen molar-refractivity contribution in [1.82, 2.24) is 19.5 Å². The van der Waals surface area contributed by atoms with Gasteiger partial charge >= 0.3 is 0 Å². The molecule has 2 N–H and O–H groups in total. The molecule has 3 heterocycles. The Kier molecular flexibility index (Phi) is 6.84. The fraction of sp³-hybridized carbons (Fsp3) is 0.435. The molecule has 0 spiro atoms. The lowest BCUT2D eigenvalue weighted by atomic mass is 10.1. The van der Waals surface area contributed by atoms with Gasteiger partial charge in [0.15, 0.2) is 0 Å². The Labute approximate surface area is 182 Å². The summed E-state index contributed by atoms with van der Waals surface area (Å²) in [5.74, 6) is 8.17. The SMILES string of the molecule is COc1c(C)cnc(Cn2cc(C#CCCCC(C)C)c3c(Cl)nc(N)nc32)c1C. The molecule has 0 aromatic carbocycles. The lowest BCUT2D eigenvalue weighted by Gasteiger charge is -2.13. The Morgan fingerprint density at radius 1 is 1.27 bits per heavy atom. The van der Waals surface area contributed by atoms with E-state index in [0.717, 1.165) is 52.8 Å². The first-order valence-electron chi connectivity index (χ1n) is 10.1. The van der Waals surface area contributed by atoms with Crippen LogP contribution in [-0.4, -0.2) is 26.6 Å². The quantitative estimate of drug-likeness (QED) is 0.344. The second kappa shape index (κ2) is 9.36. The largest absolute Gasteiger partial charge is 0.496 e. The number of hydrogen-bond donors (Lipinski definition) is 1. The van der Waals surface area contributed by atoms with Crippen molar-refractivity contribution in [2.45, 2.75) is 53.5 Å². The maximum Gasteiger partial charge on any atom is 0.223 e. The van der Waals surface area contributed by atoms with Crippen molar-refractivity contribution in [2.75, 3.05) is 12.8 Å². The minimum absolute atomic E-state index is 0.134. The van der Waals surface area contributed by atoms with Crippen LogP contribution in [0, 0.1) is 31.6 Å². The number of fused-ring (bicyclic) bond motifs is 1. The third-order valence-electron chi connectivity index (χ3n) is 5.07. The van der Waals surface area contributed by atoms with Gasteiger partial charge in [-0.15, -0.1) is 0 Å². The molecule has 0 unspecified atom stereocenters. The molecule has 3 aromatic rings. The average molecular weight is 426 g/mol. The fourth-order valence-corrected chi connectivity index (χ4v) is 3.80. The molecular weight excluding hydrogens is 398 g/mol. The maximum atomic E-state index is 6.42. The first-order valence-corrected chi connectivity index (χ1v) is 10.5. The standard InChI is InChI=1S/C23H28ClN5O/c1-14(2)9-7-6-8-10-17-12-29(22-19(17)21(24)27-23(25)28-22)13-18-16(4)20(30-5)15(3)11-26-18/h11-12,14H,6-7,9,13H2,1-5H3,(H2,25,27,28). The van der Waals surface area contributed by atoms with E-state index >= 15 is 0 Å². The molecule has 0 amide bonds. The van der Waals surface area contributed by atoms with Crippen molar-refractivity contribution in [2.24, 2.45) is 5.92 Å². The Bertz CT molecular complexity index is 1120. The van der Waals surface area contributed by atoms with E-state index in [1.54, 1.807) is 7.11 Å². The fourth-order valence-electron chi connectivity index (χ4n) is 3.52. The van der Waals surface area contributed by atoms with Gasteiger partial charge in [-0.2, -0.15) is 4.98 Å². The smallest absolute Gasteiger partial charge is 0.223 e. The van der Waals surface area contributed by atoms with E-state index in [0.29, 0.717) is 23.3 Å². The van der Waals surface area contributed by atoms with Crippen LogP contribution >= 0.6 is 11.6 Å². The lowest BCUT2D eigenvalue weighted by molar-refractivity contribution is 0.406. The number of pyridine rings is 1. The van der Waals surface area contributed by atoms with E-state index in [-0.39, 0.29) is 5.95 Å². The summed E-state index contributed by atoms with van der Waals surface area (Å²) < 4.78 is 7.51. The van der Waals surface area contributed by atoms with Gasteiger partial charge in [-0.1, -0.05) is 43.7 Å². The predicted octanol–water partition coefficient (Wildman–Crippen LogP) is 4.91. The number of nitrogens with two attached hydrogens (primary N) is 1. The van der Waals surface area contributed by atoms with Gasteiger partial charge in [0.2, 0.25) is 5.95 Å². The number of ether oxygens (including phenoxy) is 1. The molecule has 30 heavy (non-hydrogen) atoms. The molecule has 3 rings (SSSR count). The molecule has 0 radical (unpaired) electrons. The first-order chi connectivity index (χ1) is 14.3. The summed E-state index contributed by atoms with van der Waals surface area (Å²) in [6, 6.07) is 0. The molecular formula is C23H28ClN5O. The number of anilines is 1. The molecule has 158 valence electrons. The maximum absolute atomic E-state index is 6.42. The number of aromatic nitrogens is 4. The second-order valence-corrected chi connectivity index (χ2v) is 8.23. The van der Waals surface area contributed by atoms with Crippen molar-refractivity contribution in [3.63, 3.8) is 0 Å². The Balaban J connectivity index is 2.01. The number of halogens is 1. The highest BCUT2D eigenvalue weighted by Gasteiger charge is 2.17. The Hall–Kier alpha value is -2.78. The summed E-state index contributed by atoms with van der Waals surface area (Å²) in [6.45, 7) is 8.93. The topological polar surface area (TPSA) is 78.8 Å². The van der Waals surface area contributed by atoms with Gasteiger partial charge in [0, 0.05) is 29.9 Å². The van der Waals surface area contributed by atoms with Crippen LogP contribution in [0.5, 0.6) is 5.75 Å². The number of nitrogen functional groups attached to an aromatic ring is 1. The molecule has 0 aliphatic rings. The summed E-state index contributed by atoms with van der Waals surface area (Å²) in [6.07, 6.45) is 6.85. The average Bonchev–Trinajstić information content (AvgIpc) is 3.01. The van der Waals surface area contributed by atoms with Crippen molar-refractivity contribution < 1.29 is 4.74 Å². The number of methoxy groups -OCH3 is 1. The Morgan fingerprint density at radius 2 is 2.03 bits per heavy atom. The number of aryl methyl sites for hydroxylation is 1. The van der Waals surface area contributed by atoms with Crippen LogP contribution in [-0.2, 0) is 6.54 Å². The lowest BCUT2D eigenvalue weighted by Crippen LogP contribution is -2.07. The first kappa shape index (κ1) is 21.9. The minimum Gasteiger partial charge on any atom is -0.496 e. The zero-order valence-corrected chi connectivity index (χ0v) is 19.0. The molecule has 0 aliphatic heterocycles. The van der Waals surface area contributed by atoms with E-state index in [2.05, 4.69) is 40.6 Å². The van der Waals surface area contributed by atoms with Crippen LogP contribution in [0.25, 0.3) is 11.0 Å². The van der Waals surface area contributed by atoms with E-state index in [9.17, 15) is 0 Å². The van der Waals surface area contributed by atoms with Crippen molar-refractivity contribution >= 4 is 28.6 Å². The van der Waals surface area contributed by atoms with Gasteiger partial charge in [-0.05, 0) is 26.2 Å². The number of unbranched alkanes of at least 4 members (excludes halogenated alkanes) is 1. The van der Waals surface area contributed by atoms with Crippen LogP contribution < -0.4 is 10.5 Å². The van der Waals surface area contributed by atoms with Crippen LogP contribution in [0.2, 0.25) is 5.15 Å². The summed E-state index contributed by atoms with van der Waals surface area (Å²) >= 11 is 6.42. The van der Waals surface area contributed by atoms with Crippen LogP contribution in [0.1, 0.15) is 55.5 Å². The summed E-state index contributed by atoms with van der Waals surface area (Å²) in [4.78, 5) is 13.2. The molecule has 0 aliphatic carbocycles. The highest BCUT2D eigenvalue weighted by Crippen LogP contribution is 2.29. The summed E-state index contributed by atoms with van der Waals surface area (Å²) in [5.41, 5.74) is 10.2. The van der Waals surface area contributed by atoms with E-state index < -0.39 is 0 Å². The highest BCUT2D eigenvalue weighted by molar-refractivity contribution is 6.34. The van der Waals surface area contributed by atoms with Gasteiger partial charge in [-0.3, -0.25) is 4.98 Å². The monoisotopic (exact) mass is 425 g/mol. The Morgan fingerprint density at radius 3 is 2.73 bits per heavy atom. The molecule has 3 aromatic heterocycles. The third kappa shape index (κ3) is 4.68. The van der Waals surface area contributed by atoms with Crippen LogP contribution in [0.4, 0.5) is 5.95 Å². The molecule has 0 saturated carbocycles. The van der Waals surface area contributed by atoms with Gasteiger partial charge in [-0.25, -0.2) is 4.98 Å². The number of rotatable bonds is 6. The van der Waals surface area contributed by atoms with Gasteiger partial charge in [0.25, 0.3) is 0 Å². The molecule has 0 fully saturated rings. The predicted molar refractivity (Wildman–Crippen MR) is 122 cm³/mol. The molecule has 0 saturated heterocycles. The van der Waals surface area contributed by atoms with E-state index in [1.807, 2.05) is 30.8 Å². The van der Waals surface area contributed by atoms with Crippen LogP contribution in [0.15, 0.2) is 12.4 Å². The zero-order valence-electron chi connectivity index (χ0n) is 18.2. The highest BCUT2D eigenvalue weighted by atomic mass is 35.5. The number of nitrogens with zero attached hydrogens (tertiary/aromatic N) is 4. The van der Waals surface area contributed by atoms with Crippen molar-refractivity contribution in [3.05, 3.63) is 39.9 Å². The number of hydrogen-bond acceptors (Lipinski definition) is 5. The third-order valence-corrected chi connectivity index (χ3v) is 5.34. The summed E-state index contributed by atoms with van der Waals surface area (Å²) in [7, 11) is 1.67. The molecule has 7 heteroatoms. The minimum atomic E-state index is 0.134. The van der Waals surface area contributed by atoms with Gasteiger partial charge in [0.05, 0.1) is 30.3 Å².